The van der Waals surface area contributed by atoms with Gasteiger partial charge in [0.05, 0.1) is 5.69 Å². The van der Waals surface area contributed by atoms with Crippen LogP contribution in [0.4, 0.5) is 5.82 Å². The molecule has 0 unspecified atom stereocenters. The summed E-state index contributed by atoms with van der Waals surface area (Å²) in [6.45, 7) is 5.23. The number of anilines is 1. The molecule has 3 rings (SSSR count). The predicted octanol–water partition coefficient (Wildman–Crippen LogP) is 4.42. The van der Waals surface area contributed by atoms with E-state index in [-0.39, 0.29) is 0 Å². The van der Waals surface area contributed by atoms with Gasteiger partial charge in [-0.2, -0.15) is 5.26 Å². The Labute approximate surface area is 147 Å². The number of thioether (sulfide) groups is 1. The van der Waals surface area contributed by atoms with Crippen molar-refractivity contribution in [3.63, 3.8) is 0 Å². The monoisotopic (exact) mass is 338 g/mol. The van der Waals surface area contributed by atoms with E-state index < -0.39 is 0 Å². The SMILES string of the molecule is CSc1nc(-c2ccc(C)cc2)c(C#N)c(N2CCCC[C@H]2C)n1. The van der Waals surface area contributed by atoms with Gasteiger partial charge in [-0.25, -0.2) is 9.97 Å². The topological polar surface area (TPSA) is 52.8 Å². The molecule has 2 aromatic rings. The summed E-state index contributed by atoms with van der Waals surface area (Å²) in [6, 6.07) is 11.0. The molecule has 0 bridgehead atoms. The minimum absolute atomic E-state index is 0.404. The lowest BCUT2D eigenvalue weighted by Crippen LogP contribution is -2.38. The summed E-state index contributed by atoms with van der Waals surface area (Å²) in [7, 11) is 0. The van der Waals surface area contributed by atoms with Gasteiger partial charge in [-0.15, -0.1) is 0 Å². The lowest BCUT2D eigenvalue weighted by molar-refractivity contribution is 0.479. The maximum Gasteiger partial charge on any atom is 0.189 e. The molecule has 24 heavy (non-hydrogen) atoms. The molecule has 1 saturated heterocycles. The predicted molar refractivity (Wildman–Crippen MR) is 99.4 cm³/mol. The molecule has 0 aliphatic carbocycles. The van der Waals surface area contributed by atoms with Gasteiger partial charge >= 0.3 is 0 Å². The van der Waals surface area contributed by atoms with Crippen LogP contribution in [-0.4, -0.2) is 28.8 Å². The number of piperidine rings is 1. The third-order valence-corrected chi connectivity index (χ3v) is 5.11. The Bertz CT molecular complexity index is 764. The lowest BCUT2D eigenvalue weighted by Gasteiger charge is -2.35. The Hall–Kier alpha value is -2.06. The molecule has 1 aliphatic rings. The van der Waals surface area contributed by atoms with Crippen LogP contribution in [0, 0.1) is 18.3 Å². The van der Waals surface area contributed by atoms with Crippen molar-refractivity contribution >= 4 is 17.6 Å². The molecule has 0 amide bonds. The van der Waals surface area contributed by atoms with E-state index in [2.05, 4.69) is 41.9 Å². The molecule has 1 fully saturated rings. The van der Waals surface area contributed by atoms with Gasteiger partial charge in [0.15, 0.2) is 11.0 Å². The van der Waals surface area contributed by atoms with Crippen LogP contribution < -0.4 is 4.90 Å². The van der Waals surface area contributed by atoms with Gasteiger partial charge in [-0.3, -0.25) is 0 Å². The molecule has 0 saturated carbocycles. The van der Waals surface area contributed by atoms with Crippen LogP contribution in [0.5, 0.6) is 0 Å². The fraction of sp³-hybridized carbons (Fsp3) is 0.421. The highest BCUT2D eigenvalue weighted by Crippen LogP contribution is 2.33. The second-order valence-electron chi connectivity index (χ2n) is 6.27. The zero-order chi connectivity index (χ0) is 17.1. The Morgan fingerprint density at radius 2 is 1.96 bits per heavy atom. The smallest absolute Gasteiger partial charge is 0.189 e. The average molecular weight is 338 g/mol. The molecule has 1 aliphatic heterocycles. The van der Waals surface area contributed by atoms with Crippen molar-refractivity contribution in [3.05, 3.63) is 35.4 Å². The zero-order valence-electron chi connectivity index (χ0n) is 14.4. The molecular formula is C19H22N4S. The number of hydrogen-bond acceptors (Lipinski definition) is 5. The summed E-state index contributed by atoms with van der Waals surface area (Å²) in [6.07, 6.45) is 5.51. The van der Waals surface area contributed by atoms with Crippen LogP contribution >= 0.6 is 11.8 Å². The maximum absolute atomic E-state index is 9.83. The van der Waals surface area contributed by atoms with Crippen molar-refractivity contribution < 1.29 is 0 Å². The molecular weight excluding hydrogens is 316 g/mol. The molecule has 0 N–H and O–H groups in total. The van der Waals surface area contributed by atoms with Gasteiger partial charge < -0.3 is 4.90 Å². The van der Waals surface area contributed by atoms with E-state index in [4.69, 9.17) is 4.98 Å². The quantitative estimate of drug-likeness (QED) is 0.612. The van der Waals surface area contributed by atoms with Crippen molar-refractivity contribution in [2.24, 2.45) is 0 Å². The summed E-state index contributed by atoms with van der Waals surface area (Å²) >= 11 is 1.52. The zero-order valence-corrected chi connectivity index (χ0v) is 15.2. The maximum atomic E-state index is 9.83. The number of aromatic nitrogens is 2. The van der Waals surface area contributed by atoms with Crippen molar-refractivity contribution in [1.82, 2.24) is 9.97 Å². The molecule has 1 atom stereocenters. The number of benzene rings is 1. The number of rotatable bonds is 3. The summed E-state index contributed by atoms with van der Waals surface area (Å²) < 4.78 is 0. The third kappa shape index (κ3) is 3.25. The first-order valence-electron chi connectivity index (χ1n) is 8.34. The molecule has 0 spiro atoms. The van der Waals surface area contributed by atoms with E-state index in [9.17, 15) is 5.26 Å². The normalized spacial score (nSPS) is 17.6. The van der Waals surface area contributed by atoms with E-state index in [1.807, 2.05) is 18.4 Å². The van der Waals surface area contributed by atoms with Crippen molar-refractivity contribution in [2.45, 2.75) is 44.3 Å². The Kier molecular flexibility index (Phi) is 5.06. The van der Waals surface area contributed by atoms with Crippen LogP contribution in [0.15, 0.2) is 29.4 Å². The molecule has 5 heteroatoms. The van der Waals surface area contributed by atoms with Crippen LogP contribution in [0.25, 0.3) is 11.3 Å². The van der Waals surface area contributed by atoms with Crippen LogP contribution in [0.2, 0.25) is 0 Å². The van der Waals surface area contributed by atoms with Gasteiger partial charge in [0.1, 0.15) is 11.6 Å². The molecule has 1 aromatic carbocycles. The molecule has 2 heterocycles. The van der Waals surface area contributed by atoms with Crippen LogP contribution in [0.3, 0.4) is 0 Å². The molecule has 1 aromatic heterocycles. The van der Waals surface area contributed by atoms with Gasteiger partial charge in [-0.05, 0) is 39.4 Å². The summed E-state index contributed by atoms with van der Waals surface area (Å²) in [4.78, 5) is 11.6. The number of hydrogen-bond donors (Lipinski definition) is 0. The molecule has 0 radical (unpaired) electrons. The largest absolute Gasteiger partial charge is 0.353 e. The summed E-state index contributed by atoms with van der Waals surface area (Å²) in [5, 5.41) is 10.6. The van der Waals surface area contributed by atoms with Gasteiger partial charge in [0, 0.05) is 18.2 Å². The lowest BCUT2D eigenvalue weighted by atomic mass is 10.0. The average Bonchev–Trinajstić information content (AvgIpc) is 2.61. The Morgan fingerprint density at radius 3 is 2.58 bits per heavy atom. The fourth-order valence-corrected chi connectivity index (χ4v) is 3.52. The van der Waals surface area contributed by atoms with Crippen molar-refractivity contribution in [2.75, 3.05) is 17.7 Å². The van der Waals surface area contributed by atoms with E-state index in [1.165, 1.54) is 23.7 Å². The number of nitriles is 1. The third-order valence-electron chi connectivity index (χ3n) is 4.56. The van der Waals surface area contributed by atoms with Gasteiger partial charge in [-0.1, -0.05) is 41.6 Å². The summed E-state index contributed by atoms with van der Waals surface area (Å²) in [5.41, 5.74) is 3.50. The number of aryl methyl sites for hydroxylation is 1. The van der Waals surface area contributed by atoms with E-state index in [1.54, 1.807) is 0 Å². The highest BCUT2D eigenvalue weighted by molar-refractivity contribution is 7.98. The van der Waals surface area contributed by atoms with Crippen LogP contribution in [-0.2, 0) is 0 Å². The van der Waals surface area contributed by atoms with Crippen molar-refractivity contribution in [1.29, 1.82) is 5.26 Å². The van der Waals surface area contributed by atoms with E-state index >= 15 is 0 Å². The minimum atomic E-state index is 0.404. The highest BCUT2D eigenvalue weighted by atomic mass is 32.2. The Morgan fingerprint density at radius 1 is 1.21 bits per heavy atom. The van der Waals surface area contributed by atoms with Crippen LogP contribution in [0.1, 0.15) is 37.3 Å². The second-order valence-corrected chi connectivity index (χ2v) is 7.05. The van der Waals surface area contributed by atoms with E-state index in [0.717, 1.165) is 41.6 Å². The molecule has 124 valence electrons. The number of nitrogens with zero attached hydrogens (tertiary/aromatic N) is 4. The van der Waals surface area contributed by atoms with E-state index in [0.29, 0.717) is 11.6 Å². The second kappa shape index (κ2) is 7.23. The standard InChI is InChI=1S/C19H22N4S/c1-13-7-9-15(10-8-13)17-16(12-20)18(22-19(21-17)24-3)23-11-5-4-6-14(23)2/h7-10,14H,4-6,11H2,1-3H3/t14-/m1/s1. The Balaban J connectivity index is 2.17. The highest BCUT2D eigenvalue weighted by Gasteiger charge is 2.25. The van der Waals surface area contributed by atoms with Gasteiger partial charge in [0.25, 0.3) is 0 Å². The fourth-order valence-electron chi connectivity index (χ4n) is 3.16. The minimum Gasteiger partial charge on any atom is -0.353 e. The molecule has 4 nitrogen and oxygen atoms in total. The first-order valence-corrected chi connectivity index (χ1v) is 9.56. The first kappa shape index (κ1) is 16.8. The van der Waals surface area contributed by atoms with Gasteiger partial charge in [0.2, 0.25) is 0 Å². The van der Waals surface area contributed by atoms with Crippen molar-refractivity contribution in [3.8, 4) is 17.3 Å². The first-order chi connectivity index (χ1) is 11.6. The summed E-state index contributed by atoms with van der Waals surface area (Å²) in [5.74, 6) is 0.791.